The van der Waals surface area contributed by atoms with E-state index in [0.29, 0.717) is 25.7 Å². The molecule has 0 bridgehead atoms. The lowest BCUT2D eigenvalue weighted by Crippen LogP contribution is -2.71. The molecule has 74 heavy (non-hydrogen) atoms. The van der Waals surface area contributed by atoms with Gasteiger partial charge in [0.2, 0.25) is 11.8 Å². The zero-order chi connectivity index (χ0) is 53.7. The fraction of sp³-hybridized carbons (Fsp3) is 0.615. The smallest absolute Gasteiger partial charge is 0.408 e. The fourth-order valence-corrected chi connectivity index (χ4v) is 12.9. The van der Waals surface area contributed by atoms with Crippen LogP contribution in [0.25, 0.3) is 0 Å². The van der Waals surface area contributed by atoms with Crippen molar-refractivity contribution in [3.63, 3.8) is 0 Å². The van der Waals surface area contributed by atoms with E-state index in [1.165, 1.54) is 14.2 Å². The highest BCUT2D eigenvalue weighted by molar-refractivity contribution is 5.92. The summed E-state index contributed by atoms with van der Waals surface area (Å²) in [6, 6.07) is 14.8. The maximum absolute atomic E-state index is 14.7. The molecule has 0 saturated carbocycles. The molecule has 22 nitrogen and oxygen atoms in total. The summed E-state index contributed by atoms with van der Waals surface area (Å²) >= 11 is 0. The molecule has 6 aliphatic heterocycles. The van der Waals surface area contributed by atoms with Gasteiger partial charge in [-0.15, -0.1) is 0 Å². The summed E-state index contributed by atoms with van der Waals surface area (Å²) in [4.78, 5) is 125. The molecule has 2 atom stereocenters. The van der Waals surface area contributed by atoms with E-state index in [9.17, 15) is 38.4 Å². The fourth-order valence-electron chi connectivity index (χ4n) is 12.9. The van der Waals surface area contributed by atoms with Crippen molar-refractivity contribution in [1.82, 2.24) is 49.8 Å². The molecule has 402 valence electrons. The van der Waals surface area contributed by atoms with Gasteiger partial charge in [0.1, 0.15) is 25.3 Å². The molecule has 6 saturated heterocycles. The number of nitrogens with zero attached hydrogens (tertiary/aromatic N) is 8. The Morgan fingerprint density at radius 1 is 0.514 bits per heavy atom. The summed E-state index contributed by atoms with van der Waals surface area (Å²) in [5.41, 5.74) is -1.78. The number of piperidine rings is 2. The van der Waals surface area contributed by atoms with Crippen molar-refractivity contribution in [3.05, 3.63) is 71.8 Å². The number of carbonyl (C=O) groups excluding carboxylic acids is 8. The van der Waals surface area contributed by atoms with E-state index in [-0.39, 0.29) is 64.0 Å². The average Bonchev–Trinajstić information content (AvgIpc) is 3.79. The van der Waals surface area contributed by atoms with E-state index in [1.54, 1.807) is 53.7 Å². The lowest BCUT2D eigenvalue weighted by atomic mass is 9.75. The Balaban J connectivity index is 0.933. The third-order valence-electron chi connectivity index (χ3n) is 15.5. The van der Waals surface area contributed by atoms with Crippen LogP contribution in [0.3, 0.4) is 0 Å². The molecule has 2 aromatic rings. The van der Waals surface area contributed by atoms with Gasteiger partial charge in [0.25, 0.3) is 0 Å². The molecule has 0 aromatic heterocycles. The Kier molecular flexibility index (Phi) is 14.9. The first-order chi connectivity index (χ1) is 34.8. The standard InChI is InChI=1S/C52H72N10O12/c1-49(2)23-35(24-50(3,4)61(49)43(65)37(21-39(63)71-9)53-45(67)73-27-33-17-13-11-14-18-33)55-29-57-41-42-59(47(57)69)31-56(32-60(42)48(70)58(41)30-55)36-25-51(5,6)62(52(7,8)26-36)44(66)38(22-40(64)72-10)54-46(68)74-28-34-19-15-12-16-20-34/h11-20,35-38,41-42H,21-32H2,1-10H3,(H,53,67)(H,54,68). The summed E-state index contributed by atoms with van der Waals surface area (Å²) < 4.78 is 20.7. The molecule has 0 aliphatic carbocycles. The molecule has 6 aliphatic rings. The van der Waals surface area contributed by atoms with Crippen LogP contribution in [0.1, 0.15) is 105 Å². The van der Waals surface area contributed by atoms with Crippen LogP contribution in [0.2, 0.25) is 0 Å². The number of ether oxygens (including phenoxy) is 4. The number of hydrogen-bond donors (Lipinski definition) is 2. The van der Waals surface area contributed by atoms with Crippen molar-refractivity contribution >= 4 is 48.0 Å². The van der Waals surface area contributed by atoms with Gasteiger partial charge in [-0.3, -0.25) is 48.6 Å². The molecule has 0 spiro atoms. The number of amides is 8. The van der Waals surface area contributed by atoms with Crippen molar-refractivity contribution < 1.29 is 57.3 Å². The SMILES string of the molecule is COC(=O)CC(NC(=O)OCc1ccccc1)C(=O)N1C(C)(C)CC(N2CN3C(=O)N4CN(C5CC(C)(C)N(C(=O)C(CC(=O)OC)NC(=O)OCc6ccccc6)C(C)(C)C5)CN5C(=O)N(C2)C3C45)CC1(C)C. The summed E-state index contributed by atoms with van der Waals surface area (Å²) in [6.07, 6.45) is -1.71. The highest BCUT2D eigenvalue weighted by atomic mass is 16.6. The Labute approximate surface area is 432 Å². The van der Waals surface area contributed by atoms with Crippen LogP contribution in [-0.2, 0) is 51.3 Å². The minimum absolute atomic E-state index is 0.0302. The largest absolute Gasteiger partial charge is 0.469 e. The number of hydrogen-bond acceptors (Lipinski definition) is 14. The summed E-state index contributed by atoms with van der Waals surface area (Å²) in [5.74, 6) is -2.29. The predicted octanol–water partition coefficient (Wildman–Crippen LogP) is 4.39. The normalized spacial score (nSPS) is 22.5. The molecule has 8 rings (SSSR count). The van der Waals surface area contributed by atoms with Crippen LogP contribution in [0.4, 0.5) is 19.2 Å². The quantitative estimate of drug-likeness (QED) is 0.198. The first-order valence-electron chi connectivity index (χ1n) is 25.2. The minimum Gasteiger partial charge on any atom is -0.469 e. The molecule has 2 unspecified atom stereocenters. The molecule has 2 N–H and O–H groups in total. The molecular formula is C52H72N10O12. The number of carbonyl (C=O) groups is 8. The number of urea groups is 2. The number of nitrogens with one attached hydrogen (secondary N) is 2. The molecule has 6 fully saturated rings. The average molecular weight is 1030 g/mol. The predicted molar refractivity (Wildman–Crippen MR) is 265 cm³/mol. The zero-order valence-corrected chi connectivity index (χ0v) is 44.2. The van der Waals surface area contributed by atoms with Crippen LogP contribution in [0.5, 0.6) is 0 Å². The second-order valence-electron chi connectivity index (χ2n) is 22.8. The second-order valence-corrected chi connectivity index (χ2v) is 22.8. The van der Waals surface area contributed by atoms with Gasteiger partial charge in [0.05, 0.1) is 53.7 Å². The Bertz CT molecular complexity index is 2250. The third kappa shape index (κ3) is 10.6. The van der Waals surface area contributed by atoms with Gasteiger partial charge in [0, 0.05) is 34.2 Å². The van der Waals surface area contributed by atoms with Gasteiger partial charge in [-0.2, -0.15) is 0 Å². The van der Waals surface area contributed by atoms with Crippen LogP contribution in [-0.4, -0.2) is 187 Å². The molecule has 2 aromatic carbocycles. The number of likely N-dealkylation sites (tertiary alicyclic amines) is 2. The highest BCUT2D eigenvalue weighted by Crippen LogP contribution is 2.47. The molecule has 22 heteroatoms. The topological polar surface area (TPSA) is 223 Å². The molecule has 8 amide bonds. The maximum atomic E-state index is 14.7. The summed E-state index contributed by atoms with van der Waals surface area (Å²) in [6.45, 7) is 16.4. The minimum atomic E-state index is -1.28. The van der Waals surface area contributed by atoms with E-state index in [1.807, 2.05) is 91.8 Å². The maximum Gasteiger partial charge on any atom is 0.408 e. The number of esters is 2. The van der Waals surface area contributed by atoms with Gasteiger partial charge in [-0.1, -0.05) is 60.7 Å². The monoisotopic (exact) mass is 1030 g/mol. The Morgan fingerprint density at radius 2 is 0.811 bits per heavy atom. The second kappa shape index (κ2) is 20.6. The van der Waals surface area contributed by atoms with E-state index in [0.717, 1.165) is 11.1 Å². The lowest BCUT2D eigenvalue weighted by Gasteiger charge is -2.59. The van der Waals surface area contributed by atoms with E-state index in [4.69, 9.17) is 18.9 Å². The molecule has 6 heterocycles. The number of alkyl carbamates (subject to hydrolysis) is 2. The van der Waals surface area contributed by atoms with Gasteiger partial charge in [0.15, 0.2) is 12.3 Å². The number of methoxy groups -OCH3 is 2. The zero-order valence-electron chi connectivity index (χ0n) is 44.2. The van der Waals surface area contributed by atoms with Crippen LogP contribution in [0.15, 0.2) is 60.7 Å². The summed E-state index contributed by atoms with van der Waals surface area (Å²) in [7, 11) is 2.44. The third-order valence-corrected chi connectivity index (χ3v) is 15.5. The van der Waals surface area contributed by atoms with Crippen molar-refractivity contribution in [3.8, 4) is 0 Å². The molecule has 0 radical (unpaired) electrons. The van der Waals surface area contributed by atoms with Crippen molar-refractivity contribution in [2.75, 3.05) is 40.9 Å². The van der Waals surface area contributed by atoms with E-state index >= 15 is 0 Å². The molecular weight excluding hydrogens is 957 g/mol. The van der Waals surface area contributed by atoms with Crippen LogP contribution in [0, 0.1) is 0 Å². The van der Waals surface area contributed by atoms with Crippen molar-refractivity contribution in [2.45, 2.75) is 166 Å². The summed E-state index contributed by atoms with van der Waals surface area (Å²) in [5, 5.41) is 5.25. The first kappa shape index (κ1) is 53.6. The van der Waals surface area contributed by atoms with Gasteiger partial charge in [-0.05, 0) is 92.2 Å². The van der Waals surface area contributed by atoms with Gasteiger partial charge >= 0.3 is 36.2 Å². The Hall–Kier alpha value is -6.68. The lowest BCUT2D eigenvalue weighted by molar-refractivity contribution is -0.161. The van der Waals surface area contributed by atoms with Crippen molar-refractivity contribution in [2.24, 2.45) is 0 Å². The van der Waals surface area contributed by atoms with Gasteiger partial charge < -0.3 is 39.4 Å². The Morgan fingerprint density at radius 3 is 1.09 bits per heavy atom. The van der Waals surface area contributed by atoms with E-state index < -0.39 is 95.4 Å². The van der Waals surface area contributed by atoms with E-state index in [2.05, 4.69) is 20.4 Å². The van der Waals surface area contributed by atoms with Crippen LogP contribution >= 0.6 is 0 Å². The van der Waals surface area contributed by atoms with Crippen molar-refractivity contribution in [1.29, 1.82) is 0 Å². The highest BCUT2D eigenvalue weighted by Gasteiger charge is 2.65. The van der Waals surface area contributed by atoms with Crippen LogP contribution < -0.4 is 10.6 Å². The van der Waals surface area contributed by atoms with Gasteiger partial charge in [-0.25, -0.2) is 19.2 Å². The number of benzene rings is 2. The number of rotatable bonds is 14. The first-order valence-corrected chi connectivity index (χ1v) is 25.2.